The Bertz CT molecular complexity index is 1140. The molecule has 0 saturated carbocycles. The third-order valence-corrected chi connectivity index (χ3v) is 4.67. The van der Waals surface area contributed by atoms with Crippen LogP contribution in [0.2, 0.25) is 5.02 Å². The lowest BCUT2D eigenvalue weighted by atomic mass is 10.1. The van der Waals surface area contributed by atoms with Gasteiger partial charge in [-0.05, 0) is 48.4 Å². The number of primary amides is 1. The van der Waals surface area contributed by atoms with E-state index in [9.17, 15) is 22.8 Å². The van der Waals surface area contributed by atoms with E-state index in [2.05, 4.69) is 10.3 Å². The summed E-state index contributed by atoms with van der Waals surface area (Å²) in [5.41, 5.74) is 5.10. The van der Waals surface area contributed by atoms with E-state index in [0.29, 0.717) is 17.9 Å². The average molecular weight is 464 g/mol. The molecule has 3 aromatic rings. The van der Waals surface area contributed by atoms with Crippen molar-refractivity contribution in [1.29, 1.82) is 0 Å². The van der Waals surface area contributed by atoms with E-state index in [1.54, 1.807) is 30.3 Å². The Morgan fingerprint density at radius 2 is 1.75 bits per heavy atom. The van der Waals surface area contributed by atoms with Crippen molar-refractivity contribution in [3.63, 3.8) is 0 Å². The molecule has 0 aliphatic heterocycles. The lowest BCUT2D eigenvalue weighted by Crippen LogP contribution is -2.14. The summed E-state index contributed by atoms with van der Waals surface area (Å²) in [5, 5.41) is 2.01. The lowest BCUT2D eigenvalue weighted by Gasteiger charge is -2.12. The highest BCUT2D eigenvalue weighted by Gasteiger charge is 2.33. The molecule has 0 radical (unpaired) electrons. The summed E-state index contributed by atoms with van der Waals surface area (Å²) < 4.78 is 44.4. The third kappa shape index (κ3) is 6.21. The van der Waals surface area contributed by atoms with Crippen molar-refractivity contribution in [2.24, 2.45) is 5.73 Å². The number of carbonyl (C=O) groups excluding carboxylic acids is 2. The summed E-state index contributed by atoms with van der Waals surface area (Å²) in [6, 6.07) is 13.1. The standard InChI is InChI=1S/C22H17ClF3N3O3/c23-18-7-4-14(11-17(18)22(24,25)26)29-20(30)8-3-13-1-5-15(6-2-13)32-16-9-10-28-19(12-16)21(27)31/h1-2,4-7,9-12H,3,8H2,(H2,27,31)(H,29,30). The first kappa shape index (κ1) is 23.1. The number of ether oxygens (including phenoxy) is 1. The summed E-state index contributed by atoms with van der Waals surface area (Å²) in [5.74, 6) is -0.211. The van der Waals surface area contributed by atoms with Crippen molar-refractivity contribution in [2.75, 3.05) is 5.32 Å². The van der Waals surface area contributed by atoms with E-state index >= 15 is 0 Å². The van der Waals surface area contributed by atoms with Gasteiger partial charge in [0.25, 0.3) is 5.91 Å². The molecule has 3 N–H and O–H groups in total. The number of benzene rings is 2. The molecule has 1 aromatic heterocycles. The van der Waals surface area contributed by atoms with E-state index < -0.39 is 28.6 Å². The number of halogens is 4. The molecule has 166 valence electrons. The van der Waals surface area contributed by atoms with Crippen molar-refractivity contribution in [1.82, 2.24) is 4.98 Å². The lowest BCUT2D eigenvalue weighted by molar-refractivity contribution is -0.137. The van der Waals surface area contributed by atoms with Crippen molar-refractivity contribution in [3.8, 4) is 11.5 Å². The first-order valence-corrected chi connectivity index (χ1v) is 9.69. The van der Waals surface area contributed by atoms with Crippen LogP contribution in [0, 0.1) is 0 Å². The predicted molar refractivity (Wildman–Crippen MR) is 113 cm³/mol. The van der Waals surface area contributed by atoms with E-state index in [-0.39, 0.29) is 17.8 Å². The highest BCUT2D eigenvalue weighted by molar-refractivity contribution is 6.31. The van der Waals surface area contributed by atoms with Gasteiger partial charge >= 0.3 is 6.18 Å². The zero-order valence-corrected chi connectivity index (χ0v) is 17.2. The van der Waals surface area contributed by atoms with Gasteiger partial charge in [-0.2, -0.15) is 13.2 Å². The molecule has 2 amide bonds. The molecule has 0 unspecified atom stereocenters. The van der Waals surface area contributed by atoms with Crippen LogP contribution in [0.25, 0.3) is 0 Å². The number of nitrogens with zero attached hydrogens (tertiary/aromatic N) is 1. The second-order valence-electron chi connectivity index (χ2n) is 6.73. The first-order chi connectivity index (χ1) is 15.1. The van der Waals surface area contributed by atoms with E-state index in [0.717, 1.165) is 17.7 Å². The molecule has 0 atom stereocenters. The minimum atomic E-state index is -4.61. The molecular formula is C22H17ClF3N3O3. The minimum absolute atomic E-state index is 0.0168. The van der Waals surface area contributed by atoms with Crippen LogP contribution in [0.15, 0.2) is 60.8 Å². The highest BCUT2D eigenvalue weighted by Crippen LogP contribution is 2.36. The van der Waals surface area contributed by atoms with Crippen molar-refractivity contribution in [2.45, 2.75) is 19.0 Å². The Balaban J connectivity index is 1.56. The van der Waals surface area contributed by atoms with Gasteiger partial charge in [-0.3, -0.25) is 14.6 Å². The van der Waals surface area contributed by atoms with Gasteiger partial charge in [0.1, 0.15) is 17.2 Å². The zero-order valence-electron chi connectivity index (χ0n) is 16.4. The number of aromatic nitrogens is 1. The molecule has 2 aromatic carbocycles. The number of alkyl halides is 3. The number of aryl methyl sites for hydroxylation is 1. The number of pyridine rings is 1. The van der Waals surface area contributed by atoms with E-state index in [1.165, 1.54) is 18.3 Å². The number of carbonyl (C=O) groups is 2. The molecule has 32 heavy (non-hydrogen) atoms. The van der Waals surface area contributed by atoms with Gasteiger partial charge in [0.15, 0.2) is 0 Å². The van der Waals surface area contributed by atoms with Gasteiger partial charge in [0, 0.05) is 24.4 Å². The van der Waals surface area contributed by atoms with E-state index in [4.69, 9.17) is 22.1 Å². The topological polar surface area (TPSA) is 94.3 Å². The Morgan fingerprint density at radius 3 is 2.41 bits per heavy atom. The summed E-state index contributed by atoms with van der Waals surface area (Å²) in [4.78, 5) is 27.1. The Labute approximate surface area is 186 Å². The SMILES string of the molecule is NC(=O)c1cc(Oc2ccc(CCC(=O)Nc3ccc(Cl)c(C(F)(F)F)c3)cc2)ccn1. The fraction of sp³-hybridized carbons (Fsp3) is 0.136. The molecule has 10 heteroatoms. The quantitative estimate of drug-likeness (QED) is 0.502. The molecule has 0 bridgehead atoms. The molecule has 3 rings (SSSR count). The molecule has 1 heterocycles. The van der Waals surface area contributed by atoms with Crippen LogP contribution in [-0.4, -0.2) is 16.8 Å². The number of hydrogen-bond donors (Lipinski definition) is 2. The largest absolute Gasteiger partial charge is 0.457 e. The normalized spacial score (nSPS) is 11.1. The van der Waals surface area contributed by atoms with Crippen molar-refractivity contribution >= 4 is 29.1 Å². The molecule has 0 saturated heterocycles. The number of nitrogens with two attached hydrogens (primary N) is 1. The van der Waals surface area contributed by atoms with Crippen LogP contribution in [-0.2, 0) is 17.4 Å². The minimum Gasteiger partial charge on any atom is -0.457 e. The van der Waals surface area contributed by atoms with Crippen molar-refractivity contribution in [3.05, 3.63) is 82.6 Å². The number of amides is 2. The molecule has 0 aliphatic rings. The number of rotatable bonds is 7. The van der Waals surface area contributed by atoms with Crippen molar-refractivity contribution < 1.29 is 27.5 Å². The second kappa shape index (κ2) is 9.69. The number of anilines is 1. The fourth-order valence-corrected chi connectivity index (χ4v) is 3.00. The van der Waals surface area contributed by atoms with Gasteiger partial charge in [-0.15, -0.1) is 0 Å². The van der Waals surface area contributed by atoms with Gasteiger partial charge in [-0.25, -0.2) is 0 Å². The van der Waals surface area contributed by atoms with Crippen LogP contribution >= 0.6 is 11.6 Å². The summed E-state index contributed by atoms with van der Waals surface area (Å²) in [7, 11) is 0. The summed E-state index contributed by atoms with van der Waals surface area (Å²) in [6.07, 6.45) is -2.77. The maximum atomic E-state index is 12.9. The van der Waals surface area contributed by atoms with Crippen LogP contribution in [0.5, 0.6) is 11.5 Å². The summed E-state index contributed by atoms with van der Waals surface area (Å²) in [6.45, 7) is 0. The summed E-state index contributed by atoms with van der Waals surface area (Å²) >= 11 is 5.58. The zero-order chi connectivity index (χ0) is 23.3. The van der Waals surface area contributed by atoms with Crippen LogP contribution < -0.4 is 15.8 Å². The van der Waals surface area contributed by atoms with Crippen LogP contribution in [0.1, 0.15) is 28.0 Å². The maximum absolute atomic E-state index is 12.9. The number of nitrogens with one attached hydrogen (secondary N) is 1. The Hall–Kier alpha value is -3.59. The van der Waals surface area contributed by atoms with Gasteiger partial charge < -0.3 is 15.8 Å². The van der Waals surface area contributed by atoms with Crippen LogP contribution in [0.3, 0.4) is 0 Å². The third-order valence-electron chi connectivity index (χ3n) is 4.34. The first-order valence-electron chi connectivity index (χ1n) is 9.31. The van der Waals surface area contributed by atoms with E-state index in [1.807, 2.05) is 0 Å². The molecule has 0 spiro atoms. The van der Waals surface area contributed by atoms with Gasteiger partial charge in [0.2, 0.25) is 5.91 Å². The predicted octanol–water partition coefficient (Wildman–Crippen LogP) is 5.22. The van der Waals surface area contributed by atoms with Gasteiger partial charge in [-0.1, -0.05) is 23.7 Å². The molecule has 0 aliphatic carbocycles. The molecule has 6 nitrogen and oxygen atoms in total. The highest BCUT2D eigenvalue weighted by atomic mass is 35.5. The molecular weight excluding hydrogens is 447 g/mol. The fourth-order valence-electron chi connectivity index (χ4n) is 2.77. The monoisotopic (exact) mass is 463 g/mol. The van der Waals surface area contributed by atoms with Gasteiger partial charge in [0.05, 0.1) is 10.6 Å². The Morgan fingerprint density at radius 1 is 1.03 bits per heavy atom. The second-order valence-corrected chi connectivity index (χ2v) is 7.13. The Kier molecular flexibility index (Phi) is 6.99. The van der Waals surface area contributed by atoms with Crippen LogP contribution in [0.4, 0.5) is 18.9 Å². The average Bonchev–Trinajstić information content (AvgIpc) is 2.74. The maximum Gasteiger partial charge on any atom is 0.417 e. The molecule has 0 fully saturated rings. The number of hydrogen-bond acceptors (Lipinski definition) is 4. The smallest absolute Gasteiger partial charge is 0.417 e.